The van der Waals surface area contributed by atoms with Gasteiger partial charge in [0.25, 0.3) is 0 Å². The molecular weight excluding hydrogens is 208 g/mol. The molecule has 0 aromatic carbocycles. The number of rotatable bonds is 5. The molecule has 2 fully saturated rings. The molecule has 2 aliphatic rings. The molecule has 2 saturated heterocycles. The molecule has 0 amide bonds. The lowest BCUT2D eigenvalue weighted by Gasteiger charge is -2.49. The molecule has 2 atom stereocenters. The zero-order valence-corrected chi connectivity index (χ0v) is 11.5. The van der Waals surface area contributed by atoms with Crippen molar-refractivity contribution in [1.82, 2.24) is 10.2 Å². The SMILES string of the molecule is C=C(C)CN1C2CCCC1CC(NCCC)C2. The van der Waals surface area contributed by atoms with Crippen LogP contribution in [-0.4, -0.2) is 36.1 Å². The van der Waals surface area contributed by atoms with Crippen LogP contribution in [0.1, 0.15) is 52.4 Å². The normalized spacial score (nSPS) is 33.6. The molecule has 2 nitrogen and oxygen atoms in total. The van der Waals surface area contributed by atoms with E-state index in [-0.39, 0.29) is 0 Å². The van der Waals surface area contributed by atoms with Crippen LogP contribution in [0.3, 0.4) is 0 Å². The van der Waals surface area contributed by atoms with Gasteiger partial charge in [-0.05, 0) is 45.6 Å². The number of nitrogens with one attached hydrogen (secondary N) is 1. The van der Waals surface area contributed by atoms with Crippen molar-refractivity contribution in [3.8, 4) is 0 Å². The van der Waals surface area contributed by atoms with Gasteiger partial charge in [0.1, 0.15) is 0 Å². The Hall–Kier alpha value is -0.340. The number of nitrogens with zero attached hydrogens (tertiary/aromatic N) is 1. The zero-order valence-electron chi connectivity index (χ0n) is 11.5. The first-order valence-electron chi connectivity index (χ1n) is 7.34. The summed E-state index contributed by atoms with van der Waals surface area (Å²) in [6, 6.07) is 2.40. The van der Waals surface area contributed by atoms with E-state index in [0.717, 1.165) is 24.7 Å². The molecule has 2 unspecified atom stereocenters. The predicted molar refractivity (Wildman–Crippen MR) is 74.3 cm³/mol. The highest BCUT2D eigenvalue weighted by atomic mass is 15.2. The molecular formula is C15H28N2. The van der Waals surface area contributed by atoms with Gasteiger partial charge in [-0.1, -0.05) is 25.5 Å². The summed E-state index contributed by atoms with van der Waals surface area (Å²) in [6.45, 7) is 10.8. The van der Waals surface area contributed by atoms with Crippen molar-refractivity contribution in [1.29, 1.82) is 0 Å². The van der Waals surface area contributed by atoms with Crippen LogP contribution in [0, 0.1) is 0 Å². The first-order valence-corrected chi connectivity index (χ1v) is 7.34. The fourth-order valence-corrected chi connectivity index (χ4v) is 3.56. The highest BCUT2D eigenvalue weighted by molar-refractivity contribution is 5.01. The van der Waals surface area contributed by atoms with Crippen molar-refractivity contribution in [3.63, 3.8) is 0 Å². The summed E-state index contributed by atoms with van der Waals surface area (Å²) in [5, 5.41) is 3.72. The molecule has 0 aromatic heterocycles. The molecule has 0 aliphatic carbocycles. The fraction of sp³-hybridized carbons (Fsp3) is 0.867. The monoisotopic (exact) mass is 236 g/mol. The maximum atomic E-state index is 4.09. The minimum Gasteiger partial charge on any atom is -0.314 e. The highest BCUT2D eigenvalue weighted by Crippen LogP contribution is 2.34. The molecule has 2 heterocycles. The third-order valence-electron chi connectivity index (χ3n) is 4.26. The van der Waals surface area contributed by atoms with E-state index in [4.69, 9.17) is 0 Å². The van der Waals surface area contributed by atoms with Gasteiger partial charge < -0.3 is 5.32 Å². The summed E-state index contributed by atoms with van der Waals surface area (Å²) in [6.07, 6.45) is 8.18. The van der Waals surface area contributed by atoms with Crippen molar-refractivity contribution in [3.05, 3.63) is 12.2 Å². The van der Waals surface area contributed by atoms with Gasteiger partial charge in [0.05, 0.1) is 0 Å². The van der Waals surface area contributed by atoms with Gasteiger partial charge >= 0.3 is 0 Å². The topological polar surface area (TPSA) is 15.3 Å². The summed E-state index contributed by atoms with van der Waals surface area (Å²) in [4.78, 5) is 2.73. The Morgan fingerprint density at radius 1 is 1.29 bits per heavy atom. The Labute approximate surface area is 106 Å². The lowest BCUT2D eigenvalue weighted by Crippen LogP contribution is -2.56. The third-order valence-corrected chi connectivity index (χ3v) is 4.26. The van der Waals surface area contributed by atoms with E-state index in [9.17, 15) is 0 Å². The molecule has 1 N–H and O–H groups in total. The van der Waals surface area contributed by atoms with Crippen molar-refractivity contribution in [2.24, 2.45) is 0 Å². The van der Waals surface area contributed by atoms with Crippen molar-refractivity contribution in [2.75, 3.05) is 13.1 Å². The molecule has 2 heteroatoms. The number of piperidine rings is 2. The molecule has 2 rings (SSSR count). The number of hydrogen-bond donors (Lipinski definition) is 1. The lowest BCUT2D eigenvalue weighted by molar-refractivity contribution is 0.0329. The van der Waals surface area contributed by atoms with Gasteiger partial charge in [0.2, 0.25) is 0 Å². The van der Waals surface area contributed by atoms with Crippen LogP contribution >= 0.6 is 0 Å². The Morgan fingerprint density at radius 2 is 1.94 bits per heavy atom. The van der Waals surface area contributed by atoms with Gasteiger partial charge in [-0.15, -0.1) is 0 Å². The van der Waals surface area contributed by atoms with Gasteiger partial charge in [0.15, 0.2) is 0 Å². The molecule has 0 radical (unpaired) electrons. The molecule has 2 aliphatic heterocycles. The zero-order chi connectivity index (χ0) is 12.3. The Morgan fingerprint density at radius 3 is 2.47 bits per heavy atom. The average molecular weight is 236 g/mol. The van der Waals surface area contributed by atoms with Crippen LogP contribution in [0.15, 0.2) is 12.2 Å². The second-order valence-electron chi connectivity index (χ2n) is 5.99. The largest absolute Gasteiger partial charge is 0.314 e. The highest BCUT2D eigenvalue weighted by Gasteiger charge is 2.37. The third kappa shape index (κ3) is 3.32. The molecule has 0 aromatic rings. The molecule has 98 valence electrons. The van der Waals surface area contributed by atoms with Crippen LogP contribution in [0.25, 0.3) is 0 Å². The fourth-order valence-electron chi connectivity index (χ4n) is 3.56. The number of hydrogen-bond acceptors (Lipinski definition) is 2. The number of fused-ring (bicyclic) bond motifs is 2. The van der Waals surface area contributed by atoms with Crippen LogP contribution in [0.4, 0.5) is 0 Å². The second-order valence-corrected chi connectivity index (χ2v) is 5.99. The lowest BCUT2D eigenvalue weighted by atomic mass is 9.81. The summed E-state index contributed by atoms with van der Waals surface area (Å²) >= 11 is 0. The molecule has 0 saturated carbocycles. The first-order chi connectivity index (χ1) is 8.20. The van der Waals surface area contributed by atoms with Crippen LogP contribution in [-0.2, 0) is 0 Å². The van der Waals surface area contributed by atoms with E-state index >= 15 is 0 Å². The summed E-state index contributed by atoms with van der Waals surface area (Å²) in [5.74, 6) is 0. The first kappa shape index (κ1) is 13.1. The van der Waals surface area contributed by atoms with Gasteiger partial charge in [-0.2, -0.15) is 0 Å². The van der Waals surface area contributed by atoms with Gasteiger partial charge in [-0.3, -0.25) is 4.90 Å². The molecule has 17 heavy (non-hydrogen) atoms. The van der Waals surface area contributed by atoms with Gasteiger partial charge in [0, 0.05) is 24.7 Å². The maximum absolute atomic E-state index is 4.09. The summed E-state index contributed by atoms with van der Waals surface area (Å²) < 4.78 is 0. The molecule has 2 bridgehead atoms. The Balaban J connectivity index is 1.93. The van der Waals surface area contributed by atoms with E-state index in [1.807, 2.05) is 0 Å². The van der Waals surface area contributed by atoms with Crippen LogP contribution < -0.4 is 5.32 Å². The Kier molecular flexibility index (Phi) is 4.63. The van der Waals surface area contributed by atoms with Crippen LogP contribution in [0.5, 0.6) is 0 Å². The van der Waals surface area contributed by atoms with Crippen molar-refractivity contribution in [2.45, 2.75) is 70.5 Å². The minimum atomic E-state index is 0.770. The van der Waals surface area contributed by atoms with E-state index in [0.29, 0.717) is 0 Å². The smallest absolute Gasteiger partial charge is 0.0193 e. The van der Waals surface area contributed by atoms with E-state index in [1.54, 1.807) is 0 Å². The van der Waals surface area contributed by atoms with Crippen molar-refractivity contribution < 1.29 is 0 Å². The van der Waals surface area contributed by atoms with Crippen molar-refractivity contribution >= 4 is 0 Å². The summed E-state index contributed by atoms with van der Waals surface area (Å²) in [5.41, 5.74) is 1.32. The minimum absolute atomic E-state index is 0.770. The quantitative estimate of drug-likeness (QED) is 0.738. The van der Waals surface area contributed by atoms with E-state index < -0.39 is 0 Å². The predicted octanol–water partition coefficient (Wildman–Crippen LogP) is 2.95. The summed E-state index contributed by atoms with van der Waals surface area (Å²) in [7, 11) is 0. The van der Waals surface area contributed by atoms with E-state index in [2.05, 4.69) is 30.6 Å². The standard InChI is InChI=1S/C15H28N2/c1-4-8-16-13-9-14-6-5-7-15(10-13)17(14)11-12(2)3/h13-16H,2,4-11H2,1,3H3. The molecule has 0 spiro atoms. The average Bonchev–Trinajstić information content (AvgIpc) is 2.26. The van der Waals surface area contributed by atoms with Crippen LogP contribution in [0.2, 0.25) is 0 Å². The maximum Gasteiger partial charge on any atom is 0.0193 e. The van der Waals surface area contributed by atoms with E-state index in [1.165, 1.54) is 50.6 Å². The second kappa shape index (κ2) is 6.01. The Bertz CT molecular complexity index is 248. The van der Waals surface area contributed by atoms with Gasteiger partial charge in [-0.25, -0.2) is 0 Å².